The van der Waals surface area contributed by atoms with Crippen LogP contribution in [0.25, 0.3) is 0 Å². The Balaban J connectivity index is 3.29. The quantitative estimate of drug-likeness (QED) is 0.640. The Morgan fingerprint density at radius 2 is 1.43 bits per heavy atom. The molecule has 0 aliphatic heterocycles. The van der Waals surface area contributed by atoms with E-state index in [0.717, 1.165) is 12.1 Å². The van der Waals surface area contributed by atoms with Crippen molar-refractivity contribution in [3.63, 3.8) is 0 Å². The van der Waals surface area contributed by atoms with Crippen LogP contribution in [-0.4, -0.2) is 34.8 Å². The summed E-state index contributed by atoms with van der Waals surface area (Å²) in [6.45, 7) is -0.303. The molecule has 0 aromatic heterocycles. The van der Waals surface area contributed by atoms with Gasteiger partial charge in [-0.2, -0.15) is 26.3 Å². The Kier molecular flexibility index (Phi) is 4.83. The van der Waals surface area contributed by atoms with Gasteiger partial charge in [-0.3, -0.25) is 10.2 Å². The van der Waals surface area contributed by atoms with Gasteiger partial charge in [-0.15, -0.1) is 0 Å². The van der Waals surface area contributed by atoms with Crippen LogP contribution >= 0.6 is 0 Å². The van der Waals surface area contributed by atoms with Gasteiger partial charge in [-0.1, -0.05) is 18.2 Å². The van der Waals surface area contributed by atoms with E-state index in [2.05, 4.69) is 5.73 Å². The fourth-order valence-electron chi connectivity index (χ4n) is 1.56. The number of hydrogen-bond donors (Lipinski definition) is 2. The molecule has 23 heavy (non-hydrogen) atoms. The zero-order valence-electron chi connectivity index (χ0n) is 11.5. The predicted molar refractivity (Wildman–Crippen MR) is 65.8 cm³/mol. The Morgan fingerprint density at radius 3 is 1.78 bits per heavy atom. The number of hydrazine groups is 1. The van der Waals surface area contributed by atoms with E-state index < -0.39 is 34.8 Å². The second kappa shape index (κ2) is 5.97. The lowest BCUT2D eigenvalue weighted by atomic mass is 10.0. The summed E-state index contributed by atoms with van der Waals surface area (Å²) in [5, 5.41) is -0.970. The number of nitrogens with zero attached hydrogens (tertiary/aromatic N) is 1. The first kappa shape index (κ1) is 18.6. The number of nitrogens with one attached hydrogen (secondary N) is 1. The molecule has 0 aliphatic rings. The number of amides is 3. The molecule has 0 heterocycles. The molecular formula is C12H11F6N3O2. The summed E-state index contributed by atoms with van der Waals surface area (Å²) in [6.07, 6.45) is -11.9. The fraction of sp³-hybridized carbons (Fsp3) is 0.333. The molecule has 0 spiro atoms. The maximum Gasteiger partial charge on any atom is 0.422 e. The summed E-state index contributed by atoms with van der Waals surface area (Å²) < 4.78 is 77.7. The SMILES string of the molecule is CC(N(NC(=O)c1ccccc1)C(N)=O)(C(F)(F)F)C(F)(F)F. The number of halogens is 6. The van der Waals surface area contributed by atoms with Gasteiger partial charge in [0.15, 0.2) is 0 Å². The van der Waals surface area contributed by atoms with Crippen LogP contribution in [-0.2, 0) is 0 Å². The fourth-order valence-corrected chi connectivity index (χ4v) is 1.56. The molecule has 0 unspecified atom stereocenters. The van der Waals surface area contributed by atoms with Crippen molar-refractivity contribution in [1.82, 2.24) is 10.4 Å². The molecule has 11 heteroatoms. The Morgan fingerprint density at radius 1 is 1.00 bits per heavy atom. The van der Waals surface area contributed by atoms with Gasteiger partial charge < -0.3 is 5.73 Å². The molecule has 1 aromatic carbocycles. The van der Waals surface area contributed by atoms with Crippen LogP contribution in [0.2, 0.25) is 0 Å². The molecule has 1 aromatic rings. The van der Waals surface area contributed by atoms with Crippen molar-refractivity contribution in [1.29, 1.82) is 0 Å². The third kappa shape index (κ3) is 3.48. The Hall–Kier alpha value is -2.46. The van der Waals surface area contributed by atoms with Gasteiger partial charge in [-0.25, -0.2) is 9.80 Å². The molecule has 0 aliphatic carbocycles. The summed E-state index contributed by atoms with van der Waals surface area (Å²) in [5.41, 5.74) is 0.924. The lowest BCUT2D eigenvalue weighted by Gasteiger charge is -2.41. The number of primary amides is 1. The first-order chi connectivity index (χ1) is 10.3. The molecule has 0 saturated heterocycles. The van der Waals surface area contributed by atoms with E-state index in [1.165, 1.54) is 23.6 Å². The van der Waals surface area contributed by atoms with Crippen LogP contribution < -0.4 is 11.2 Å². The van der Waals surface area contributed by atoms with Crippen LogP contribution in [0.3, 0.4) is 0 Å². The van der Waals surface area contributed by atoms with Crippen LogP contribution in [0.4, 0.5) is 31.1 Å². The normalized spacial score (nSPS) is 12.7. The molecule has 128 valence electrons. The minimum atomic E-state index is -5.94. The van der Waals surface area contributed by atoms with Crippen molar-refractivity contribution in [2.45, 2.75) is 24.8 Å². The van der Waals surface area contributed by atoms with Gasteiger partial charge >= 0.3 is 18.4 Å². The highest BCUT2D eigenvalue weighted by molar-refractivity contribution is 5.95. The van der Waals surface area contributed by atoms with Crippen molar-refractivity contribution in [3.8, 4) is 0 Å². The standard InChI is InChI=1S/C12H11F6N3O2/c1-10(11(13,14)15,12(16,17)18)21(9(19)23)20-8(22)7-5-3-2-4-6-7/h2-6H,1H3,(H2,19,23)(H,20,22). The van der Waals surface area contributed by atoms with E-state index in [1.54, 1.807) is 0 Å². The number of carbonyl (C=O) groups excluding carboxylic acids is 2. The second-order valence-electron chi connectivity index (χ2n) is 4.55. The van der Waals surface area contributed by atoms with Gasteiger partial charge in [0.25, 0.3) is 11.4 Å². The molecule has 1 rings (SSSR count). The average Bonchev–Trinajstić information content (AvgIpc) is 2.41. The third-order valence-corrected chi connectivity index (χ3v) is 3.02. The molecule has 0 fully saturated rings. The number of urea groups is 1. The zero-order valence-corrected chi connectivity index (χ0v) is 11.5. The van der Waals surface area contributed by atoms with E-state index >= 15 is 0 Å². The van der Waals surface area contributed by atoms with Crippen LogP contribution in [0, 0.1) is 0 Å². The predicted octanol–water partition coefficient (Wildman–Crippen LogP) is 2.60. The lowest BCUT2D eigenvalue weighted by Crippen LogP contribution is -2.72. The molecule has 3 N–H and O–H groups in total. The molecular weight excluding hydrogens is 332 g/mol. The average molecular weight is 343 g/mol. The molecule has 0 radical (unpaired) electrons. The lowest BCUT2D eigenvalue weighted by molar-refractivity contribution is -0.330. The van der Waals surface area contributed by atoms with Crippen LogP contribution in [0.15, 0.2) is 30.3 Å². The van der Waals surface area contributed by atoms with Gasteiger partial charge in [0.2, 0.25) is 0 Å². The van der Waals surface area contributed by atoms with Gasteiger partial charge in [-0.05, 0) is 19.1 Å². The number of nitrogens with two attached hydrogens (primary N) is 1. The monoisotopic (exact) mass is 343 g/mol. The smallest absolute Gasteiger partial charge is 0.350 e. The van der Waals surface area contributed by atoms with Crippen molar-refractivity contribution < 1.29 is 35.9 Å². The van der Waals surface area contributed by atoms with E-state index in [4.69, 9.17) is 0 Å². The highest BCUT2D eigenvalue weighted by Crippen LogP contribution is 2.46. The van der Waals surface area contributed by atoms with Crippen LogP contribution in [0.1, 0.15) is 17.3 Å². The number of benzene rings is 1. The molecule has 0 bridgehead atoms. The third-order valence-electron chi connectivity index (χ3n) is 3.02. The zero-order chi connectivity index (χ0) is 18.1. The number of hydrogen-bond acceptors (Lipinski definition) is 2. The van der Waals surface area contributed by atoms with Crippen molar-refractivity contribution in [3.05, 3.63) is 35.9 Å². The highest BCUT2D eigenvalue weighted by atomic mass is 19.4. The van der Waals surface area contributed by atoms with Crippen molar-refractivity contribution in [2.75, 3.05) is 0 Å². The molecule has 5 nitrogen and oxygen atoms in total. The maximum absolute atomic E-state index is 12.9. The van der Waals surface area contributed by atoms with E-state index in [9.17, 15) is 35.9 Å². The summed E-state index contributed by atoms with van der Waals surface area (Å²) in [7, 11) is 0. The van der Waals surface area contributed by atoms with E-state index in [0.29, 0.717) is 0 Å². The first-order valence-corrected chi connectivity index (χ1v) is 5.91. The highest BCUT2D eigenvalue weighted by Gasteiger charge is 2.72. The largest absolute Gasteiger partial charge is 0.422 e. The van der Waals surface area contributed by atoms with E-state index in [-0.39, 0.29) is 12.5 Å². The van der Waals surface area contributed by atoms with Gasteiger partial charge in [0, 0.05) is 5.56 Å². The van der Waals surface area contributed by atoms with Gasteiger partial charge in [0.05, 0.1) is 0 Å². The topological polar surface area (TPSA) is 75.4 Å². The van der Waals surface area contributed by atoms with Crippen LogP contribution in [0.5, 0.6) is 0 Å². The minimum absolute atomic E-state index is 0.259. The van der Waals surface area contributed by atoms with Gasteiger partial charge in [0.1, 0.15) is 0 Å². The summed E-state index contributed by atoms with van der Waals surface area (Å²) in [4.78, 5) is 22.9. The minimum Gasteiger partial charge on any atom is -0.350 e. The van der Waals surface area contributed by atoms with Crippen molar-refractivity contribution >= 4 is 11.9 Å². The number of rotatable bonds is 2. The summed E-state index contributed by atoms with van der Waals surface area (Å²) in [6, 6.07) is 4.27. The maximum atomic E-state index is 12.9. The number of alkyl halides is 6. The molecule has 0 atom stereocenters. The molecule has 0 saturated carbocycles. The molecule has 3 amide bonds. The van der Waals surface area contributed by atoms with Crippen molar-refractivity contribution in [2.24, 2.45) is 5.73 Å². The van der Waals surface area contributed by atoms with E-state index in [1.807, 2.05) is 0 Å². The Bertz CT molecular complexity index is 571. The number of carbonyl (C=O) groups is 2. The first-order valence-electron chi connectivity index (χ1n) is 5.91. The summed E-state index contributed by atoms with van der Waals surface area (Å²) in [5.74, 6) is -1.36. The Labute approximate surface area is 126 Å². The summed E-state index contributed by atoms with van der Waals surface area (Å²) >= 11 is 0. The second-order valence-corrected chi connectivity index (χ2v) is 4.55.